The van der Waals surface area contributed by atoms with Crippen molar-refractivity contribution in [3.8, 4) is 11.6 Å². The second kappa shape index (κ2) is 5.22. The van der Waals surface area contributed by atoms with Crippen LogP contribution >= 0.6 is 11.6 Å². The number of nitrogens with zero attached hydrogens (tertiary/aromatic N) is 3. The molecule has 0 spiro atoms. The van der Waals surface area contributed by atoms with Crippen LogP contribution in [0.25, 0.3) is 10.8 Å². The van der Waals surface area contributed by atoms with Gasteiger partial charge in [-0.2, -0.15) is 0 Å². The molecule has 3 aromatic rings. The van der Waals surface area contributed by atoms with Crippen molar-refractivity contribution in [2.24, 2.45) is 0 Å². The Kier molecular flexibility index (Phi) is 3.26. The lowest BCUT2D eigenvalue weighted by molar-refractivity contribution is 0.112. The smallest absolute Gasteiger partial charge is 0.223 e. The second-order valence-corrected chi connectivity index (χ2v) is 4.37. The lowest BCUT2D eigenvalue weighted by Crippen LogP contribution is -1.91. The van der Waals surface area contributed by atoms with E-state index in [4.69, 9.17) is 16.3 Å². The topological polar surface area (TPSA) is 65.0 Å². The Morgan fingerprint density at radius 1 is 1.10 bits per heavy atom. The standard InChI is InChI=1S/C14H8ClN3O2/c15-13-6-14(18-8-17-13)20-10-1-2-11-9(5-10)3-4-16-12(11)7-19/h1-8H. The molecule has 20 heavy (non-hydrogen) atoms. The molecule has 98 valence electrons. The van der Waals surface area contributed by atoms with Gasteiger partial charge in [0, 0.05) is 17.6 Å². The number of halogens is 1. The highest BCUT2D eigenvalue weighted by molar-refractivity contribution is 6.29. The molecule has 0 radical (unpaired) electrons. The highest BCUT2D eigenvalue weighted by atomic mass is 35.5. The highest BCUT2D eigenvalue weighted by Crippen LogP contribution is 2.25. The number of carbonyl (C=O) groups excluding carboxylic acids is 1. The van der Waals surface area contributed by atoms with Gasteiger partial charge in [0.2, 0.25) is 5.88 Å². The largest absolute Gasteiger partial charge is 0.439 e. The third kappa shape index (κ3) is 2.44. The molecule has 5 nitrogen and oxygen atoms in total. The molecule has 0 aliphatic rings. The van der Waals surface area contributed by atoms with Gasteiger partial charge in [-0.15, -0.1) is 0 Å². The second-order valence-electron chi connectivity index (χ2n) is 3.98. The van der Waals surface area contributed by atoms with E-state index in [0.29, 0.717) is 22.5 Å². The predicted molar refractivity (Wildman–Crippen MR) is 74.2 cm³/mol. The van der Waals surface area contributed by atoms with Crippen LogP contribution in [0.4, 0.5) is 0 Å². The lowest BCUT2D eigenvalue weighted by Gasteiger charge is -2.06. The van der Waals surface area contributed by atoms with Crippen LogP contribution in [0.1, 0.15) is 10.5 Å². The fourth-order valence-corrected chi connectivity index (χ4v) is 1.97. The predicted octanol–water partition coefficient (Wildman–Crippen LogP) is 3.28. The fraction of sp³-hybridized carbons (Fsp3) is 0. The zero-order valence-electron chi connectivity index (χ0n) is 10.2. The summed E-state index contributed by atoms with van der Waals surface area (Å²) in [5.41, 5.74) is 0.402. The number of pyridine rings is 1. The van der Waals surface area contributed by atoms with E-state index in [0.717, 1.165) is 17.1 Å². The molecule has 0 saturated heterocycles. The van der Waals surface area contributed by atoms with Crippen molar-refractivity contribution in [2.45, 2.75) is 0 Å². The van der Waals surface area contributed by atoms with Crippen LogP contribution in [0.2, 0.25) is 5.15 Å². The molecule has 3 rings (SSSR count). The number of aldehydes is 1. The van der Waals surface area contributed by atoms with Gasteiger partial charge in [-0.25, -0.2) is 9.97 Å². The Hall–Kier alpha value is -2.53. The first-order valence-corrected chi connectivity index (χ1v) is 6.13. The van der Waals surface area contributed by atoms with E-state index in [2.05, 4.69) is 15.0 Å². The number of benzene rings is 1. The van der Waals surface area contributed by atoms with Gasteiger partial charge in [-0.3, -0.25) is 9.78 Å². The maximum atomic E-state index is 10.9. The number of fused-ring (bicyclic) bond motifs is 1. The molecular weight excluding hydrogens is 278 g/mol. The van der Waals surface area contributed by atoms with Crippen molar-refractivity contribution < 1.29 is 9.53 Å². The maximum absolute atomic E-state index is 10.9. The van der Waals surface area contributed by atoms with Crippen LogP contribution in [0.5, 0.6) is 11.6 Å². The molecule has 0 N–H and O–H groups in total. The molecule has 1 aromatic carbocycles. The minimum atomic E-state index is 0.309. The van der Waals surface area contributed by atoms with E-state index < -0.39 is 0 Å². The number of ether oxygens (including phenoxy) is 1. The number of carbonyl (C=O) groups is 1. The molecule has 0 saturated carbocycles. The molecule has 0 unspecified atom stereocenters. The number of hydrogen-bond acceptors (Lipinski definition) is 5. The number of hydrogen-bond donors (Lipinski definition) is 0. The molecule has 2 heterocycles. The summed E-state index contributed by atoms with van der Waals surface area (Å²) in [7, 11) is 0. The van der Waals surface area contributed by atoms with E-state index in [-0.39, 0.29) is 0 Å². The van der Waals surface area contributed by atoms with E-state index in [1.54, 1.807) is 24.4 Å². The van der Waals surface area contributed by atoms with Crippen LogP contribution in [-0.2, 0) is 0 Å². The summed E-state index contributed by atoms with van der Waals surface area (Å²) >= 11 is 5.77. The van der Waals surface area contributed by atoms with Gasteiger partial charge in [0.05, 0.1) is 0 Å². The molecule has 6 heteroatoms. The van der Waals surface area contributed by atoms with Crippen LogP contribution in [0.3, 0.4) is 0 Å². The Morgan fingerprint density at radius 3 is 2.80 bits per heavy atom. The Bertz CT molecular complexity index is 792. The van der Waals surface area contributed by atoms with Gasteiger partial charge in [0.15, 0.2) is 6.29 Å². The Labute approximate surface area is 119 Å². The SMILES string of the molecule is O=Cc1nccc2cc(Oc3cc(Cl)ncn3)ccc12. The molecule has 0 aliphatic heterocycles. The quantitative estimate of drug-likeness (QED) is 0.546. The summed E-state index contributed by atoms with van der Waals surface area (Å²) in [6, 6.07) is 8.66. The monoisotopic (exact) mass is 285 g/mol. The average Bonchev–Trinajstić information content (AvgIpc) is 2.46. The molecule has 0 aliphatic carbocycles. The first-order valence-electron chi connectivity index (χ1n) is 5.75. The zero-order valence-corrected chi connectivity index (χ0v) is 10.9. The molecule has 0 amide bonds. The van der Waals surface area contributed by atoms with Crippen molar-refractivity contribution in [3.63, 3.8) is 0 Å². The fourth-order valence-electron chi connectivity index (χ4n) is 1.83. The maximum Gasteiger partial charge on any atom is 0.223 e. The summed E-state index contributed by atoms with van der Waals surface area (Å²) in [6.07, 6.45) is 3.64. The molecule has 0 bridgehead atoms. The summed E-state index contributed by atoms with van der Waals surface area (Å²) in [4.78, 5) is 22.7. The van der Waals surface area contributed by atoms with E-state index in [1.807, 2.05) is 6.07 Å². The average molecular weight is 286 g/mol. The molecule has 0 atom stereocenters. The third-order valence-electron chi connectivity index (χ3n) is 2.71. The lowest BCUT2D eigenvalue weighted by atomic mass is 10.1. The van der Waals surface area contributed by atoms with E-state index in [1.165, 1.54) is 12.4 Å². The van der Waals surface area contributed by atoms with Crippen LogP contribution < -0.4 is 4.74 Å². The van der Waals surface area contributed by atoms with E-state index >= 15 is 0 Å². The molecule has 0 fully saturated rings. The Balaban J connectivity index is 1.99. The van der Waals surface area contributed by atoms with Crippen molar-refractivity contribution >= 4 is 28.7 Å². The minimum Gasteiger partial charge on any atom is -0.439 e. The molecule has 2 aromatic heterocycles. The van der Waals surface area contributed by atoms with Gasteiger partial charge >= 0.3 is 0 Å². The van der Waals surface area contributed by atoms with Crippen LogP contribution in [-0.4, -0.2) is 21.2 Å². The minimum absolute atomic E-state index is 0.309. The van der Waals surface area contributed by atoms with Crippen molar-refractivity contribution in [1.82, 2.24) is 15.0 Å². The van der Waals surface area contributed by atoms with Crippen molar-refractivity contribution in [3.05, 3.63) is 53.7 Å². The normalized spacial score (nSPS) is 10.4. The highest BCUT2D eigenvalue weighted by Gasteiger charge is 2.05. The Morgan fingerprint density at radius 2 is 2.00 bits per heavy atom. The van der Waals surface area contributed by atoms with E-state index in [9.17, 15) is 4.79 Å². The molecular formula is C14H8ClN3O2. The van der Waals surface area contributed by atoms with Crippen LogP contribution in [0, 0.1) is 0 Å². The third-order valence-corrected chi connectivity index (χ3v) is 2.92. The number of aromatic nitrogens is 3. The van der Waals surface area contributed by atoms with Crippen LogP contribution in [0.15, 0.2) is 42.9 Å². The van der Waals surface area contributed by atoms with Gasteiger partial charge in [-0.1, -0.05) is 11.6 Å². The van der Waals surface area contributed by atoms with Gasteiger partial charge < -0.3 is 4.74 Å². The number of rotatable bonds is 3. The first kappa shape index (κ1) is 12.5. The van der Waals surface area contributed by atoms with Gasteiger partial charge in [0.25, 0.3) is 0 Å². The summed E-state index contributed by atoms with van der Waals surface area (Å²) < 4.78 is 5.60. The summed E-state index contributed by atoms with van der Waals surface area (Å²) in [5.74, 6) is 0.948. The van der Waals surface area contributed by atoms with Gasteiger partial charge in [0.1, 0.15) is 22.9 Å². The van der Waals surface area contributed by atoms with Crippen molar-refractivity contribution in [2.75, 3.05) is 0 Å². The van der Waals surface area contributed by atoms with Gasteiger partial charge in [-0.05, 0) is 29.7 Å². The summed E-state index contributed by atoms with van der Waals surface area (Å²) in [6.45, 7) is 0. The zero-order chi connectivity index (χ0) is 13.9. The first-order chi connectivity index (χ1) is 9.76. The summed E-state index contributed by atoms with van der Waals surface area (Å²) in [5, 5.41) is 1.94. The van der Waals surface area contributed by atoms with Crippen molar-refractivity contribution in [1.29, 1.82) is 0 Å².